The van der Waals surface area contributed by atoms with Crippen molar-refractivity contribution in [2.75, 3.05) is 0 Å². The molecule has 0 aliphatic rings. The molecule has 2 rings (SSSR count). The molecule has 0 aliphatic heterocycles. The van der Waals surface area contributed by atoms with Gasteiger partial charge in [-0.05, 0) is 39.8 Å². The molecule has 27 heavy (non-hydrogen) atoms. The Morgan fingerprint density at radius 1 is 0.926 bits per heavy atom. The summed E-state index contributed by atoms with van der Waals surface area (Å²) in [6.45, 7) is 1.35. The molecule has 0 fully saturated rings. The molecular formula is C20H22IN3O3. The molecule has 0 heterocycles. The zero-order chi connectivity index (χ0) is 19.8. The highest BCUT2D eigenvalue weighted by Gasteiger charge is 2.25. The number of rotatable bonds is 8. The maximum atomic E-state index is 12.7. The standard InChI is InChI=1S/C20H22IN3O3/c1-13(25)23-18(11-14-7-3-2-4-8-14)20(27)24-17(19(22)26)12-15-9-5-6-10-16(15)21/h2-10,17-18H,11-12H2,1H3,(H2,22,26)(H,23,25)(H,24,27)/t17-,18-/m1/s1. The van der Waals surface area contributed by atoms with E-state index in [0.29, 0.717) is 6.42 Å². The van der Waals surface area contributed by atoms with Gasteiger partial charge in [-0.3, -0.25) is 14.4 Å². The zero-order valence-corrected chi connectivity index (χ0v) is 17.1. The first kappa shape index (κ1) is 20.9. The molecule has 142 valence electrons. The van der Waals surface area contributed by atoms with Gasteiger partial charge in [-0.2, -0.15) is 0 Å². The van der Waals surface area contributed by atoms with Crippen LogP contribution in [0, 0.1) is 3.57 Å². The molecule has 4 N–H and O–H groups in total. The second-order valence-corrected chi connectivity index (χ2v) is 7.36. The fourth-order valence-corrected chi connectivity index (χ4v) is 3.29. The van der Waals surface area contributed by atoms with E-state index in [4.69, 9.17) is 5.73 Å². The van der Waals surface area contributed by atoms with Crippen molar-refractivity contribution in [1.82, 2.24) is 10.6 Å². The van der Waals surface area contributed by atoms with Gasteiger partial charge in [-0.25, -0.2) is 0 Å². The summed E-state index contributed by atoms with van der Waals surface area (Å²) < 4.78 is 0.985. The molecule has 2 aromatic carbocycles. The summed E-state index contributed by atoms with van der Waals surface area (Å²) >= 11 is 2.17. The normalized spacial score (nSPS) is 12.7. The molecule has 7 heteroatoms. The van der Waals surface area contributed by atoms with E-state index in [0.717, 1.165) is 14.7 Å². The van der Waals surface area contributed by atoms with Crippen molar-refractivity contribution < 1.29 is 14.4 Å². The fraction of sp³-hybridized carbons (Fsp3) is 0.250. The van der Waals surface area contributed by atoms with E-state index in [1.54, 1.807) is 0 Å². The number of carbonyl (C=O) groups excluding carboxylic acids is 3. The van der Waals surface area contributed by atoms with Gasteiger partial charge >= 0.3 is 0 Å². The smallest absolute Gasteiger partial charge is 0.243 e. The lowest BCUT2D eigenvalue weighted by Crippen LogP contribution is -2.54. The Hall–Kier alpha value is -2.42. The van der Waals surface area contributed by atoms with Gasteiger partial charge in [0.2, 0.25) is 17.7 Å². The molecule has 0 aromatic heterocycles. The Kier molecular flexibility index (Phi) is 7.78. The summed E-state index contributed by atoms with van der Waals surface area (Å²) in [7, 11) is 0. The second kappa shape index (κ2) is 10.1. The number of primary amides is 1. The van der Waals surface area contributed by atoms with E-state index >= 15 is 0 Å². The average Bonchev–Trinajstić information content (AvgIpc) is 2.62. The van der Waals surface area contributed by atoms with Crippen molar-refractivity contribution in [3.63, 3.8) is 0 Å². The highest BCUT2D eigenvalue weighted by atomic mass is 127. The van der Waals surface area contributed by atoms with E-state index in [1.165, 1.54) is 6.92 Å². The summed E-state index contributed by atoms with van der Waals surface area (Å²) in [5, 5.41) is 5.33. The lowest BCUT2D eigenvalue weighted by molar-refractivity contribution is -0.130. The molecule has 0 aliphatic carbocycles. The average molecular weight is 479 g/mol. The Morgan fingerprint density at radius 2 is 1.56 bits per heavy atom. The van der Waals surface area contributed by atoms with Gasteiger partial charge in [0.15, 0.2) is 0 Å². The minimum atomic E-state index is -0.861. The Balaban J connectivity index is 2.13. The van der Waals surface area contributed by atoms with Crippen LogP contribution in [0.1, 0.15) is 18.1 Å². The van der Waals surface area contributed by atoms with Crippen LogP contribution in [-0.4, -0.2) is 29.8 Å². The molecular weight excluding hydrogens is 457 g/mol. The third-order valence-corrected chi connectivity index (χ3v) is 5.07. The van der Waals surface area contributed by atoms with Crippen LogP contribution in [0.15, 0.2) is 54.6 Å². The van der Waals surface area contributed by atoms with Crippen LogP contribution in [0.25, 0.3) is 0 Å². The molecule has 2 aromatic rings. The van der Waals surface area contributed by atoms with Crippen molar-refractivity contribution >= 4 is 40.3 Å². The number of hydrogen-bond donors (Lipinski definition) is 3. The Bertz CT molecular complexity index is 811. The van der Waals surface area contributed by atoms with E-state index in [2.05, 4.69) is 33.2 Å². The summed E-state index contributed by atoms with van der Waals surface area (Å²) in [6, 6.07) is 15.3. The number of amides is 3. The molecule has 0 spiro atoms. The van der Waals surface area contributed by atoms with E-state index < -0.39 is 23.9 Å². The number of halogens is 1. The predicted molar refractivity (Wildman–Crippen MR) is 112 cm³/mol. The number of nitrogens with one attached hydrogen (secondary N) is 2. The topological polar surface area (TPSA) is 101 Å². The fourth-order valence-electron chi connectivity index (χ4n) is 2.68. The van der Waals surface area contributed by atoms with E-state index in [9.17, 15) is 14.4 Å². The highest BCUT2D eigenvalue weighted by Crippen LogP contribution is 2.14. The molecule has 0 radical (unpaired) electrons. The monoisotopic (exact) mass is 479 g/mol. The largest absolute Gasteiger partial charge is 0.368 e. The van der Waals surface area contributed by atoms with Crippen molar-refractivity contribution in [2.45, 2.75) is 31.8 Å². The number of carbonyl (C=O) groups is 3. The molecule has 2 atom stereocenters. The van der Waals surface area contributed by atoms with Crippen LogP contribution in [0.4, 0.5) is 0 Å². The minimum absolute atomic E-state index is 0.290. The van der Waals surface area contributed by atoms with Gasteiger partial charge in [-0.15, -0.1) is 0 Å². The maximum Gasteiger partial charge on any atom is 0.243 e. The lowest BCUT2D eigenvalue weighted by Gasteiger charge is -2.22. The maximum absolute atomic E-state index is 12.7. The predicted octanol–water partition coefficient (Wildman–Crippen LogP) is 1.55. The van der Waals surface area contributed by atoms with Crippen LogP contribution in [0.2, 0.25) is 0 Å². The molecule has 6 nitrogen and oxygen atoms in total. The van der Waals surface area contributed by atoms with Gasteiger partial charge in [0, 0.05) is 23.3 Å². The molecule has 0 unspecified atom stereocenters. The lowest BCUT2D eigenvalue weighted by atomic mass is 10.0. The van der Waals surface area contributed by atoms with E-state index in [-0.39, 0.29) is 12.3 Å². The van der Waals surface area contributed by atoms with Crippen LogP contribution < -0.4 is 16.4 Å². The first-order chi connectivity index (χ1) is 12.9. The first-order valence-electron chi connectivity index (χ1n) is 8.51. The van der Waals surface area contributed by atoms with Crippen LogP contribution >= 0.6 is 22.6 Å². The zero-order valence-electron chi connectivity index (χ0n) is 14.9. The van der Waals surface area contributed by atoms with Crippen LogP contribution in [0.5, 0.6) is 0 Å². The van der Waals surface area contributed by atoms with E-state index in [1.807, 2.05) is 54.6 Å². The number of hydrogen-bond acceptors (Lipinski definition) is 3. The third kappa shape index (κ3) is 6.67. The number of benzene rings is 2. The first-order valence-corrected chi connectivity index (χ1v) is 9.59. The van der Waals surface area contributed by atoms with Crippen molar-refractivity contribution in [1.29, 1.82) is 0 Å². The Morgan fingerprint density at radius 3 is 2.15 bits per heavy atom. The second-order valence-electron chi connectivity index (χ2n) is 6.20. The quantitative estimate of drug-likeness (QED) is 0.501. The molecule has 0 saturated carbocycles. The highest BCUT2D eigenvalue weighted by molar-refractivity contribution is 14.1. The summed E-state index contributed by atoms with van der Waals surface area (Å²) in [6.07, 6.45) is 0.610. The molecule has 3 amide bonds. The molecule has 0 bridgehead atoms. The van der Waals surface area contributed by atoms with Gasteiger partial charge in [0.25, 0.3) is 0 Å². The van der Waals surface area contributed by atoms with Crippen molar-refractivity contribution in [3.8, 4) is 0 Å². The van der Waals surface area contributed by atoms with Gasteiger partial charge < -0.3 is 16.4 Å². The summed E-state index contributed by atoms with van der Waals surface area (Å²) in [5.41, 5.74) is 7.31. The van der Waals surface area contributed by atoms with Gasteiger partial charge in [-0.1, -0.05) is 48.5 Å². The Labute approximate surface area is 172 Å². The summed E-state index contributed by atoms with van der Waals surface area (Å²) in [4.78, 5) is 36.1. The third-order valence-electron chi connectivity index (χ3n) is 4.02. The van der Waals surface area contributed by atoms with Crippen LogP contribution in [0.3, 0.4) is 0 Å². The van der Waals surface area contributed by atoms with Crippen molar-refractivity contribution in [3.05, 3.63) is 69.3 Å². The van der Waals surface area contributed by atoms with Gasteiger partial charge in [0.1, 0.15) is 12.1 Å². The summed E-state index contributed by atoms with van der Waals surface area (Å²) in [5.74, 6) is -1.38. The van der Waals surface area contributed by atoms with Crippen molar-refractivity contribution in [2.24, 2.45) is 5.73 Å². The minimum Gasteiger partial charge on any atom is -0.368 e. The van der Waals surface area contributed by atoms with Crippen LogP contribution in [-0.2, 0) is 27.2 Å². The SMILES string of the molecule is CC(=O)N[C@H](Cc1ccccc1)C(=O)N[C@H](Cc1ccccc1I)C(N)=O. The molecule has 0 saturated heterocycles. The number of nitrogens with two attached hydrogens (primary N) is 1. The van der Waals surface area contributed by atoms with Gasteiger partial charge in [0.05, 0.1) is 0 Å².